The van der Waals surface area contributed by atoms with Crippen molar-refractivity contribution in [3.8, 4) is 0 Å². The van der Waals surface area contributed by atoms with Gasteiger partial charge in [-0.3, -0.25) is 0 Å². The molecule has 0 saturated carbocycles. The van der Waals surface area contributed by atoms with Gasteiger partial charge in [0.05, 0.1) is 0 Å². The summed E-state index contributed by atoms with van der Waals surface area (Å²) in [5, 5.41) is 0. The fourth-order valence-electron chi connectivity index (χ4n) is 1.43. The Morgan fingerprint density at radius 1 is 1.00 bits per heavy atom. The van der Waals surface area contributed by atoms with Crippen LogP contribution >= 0.6 is 0 Å². The second-order valence-corrected chi connectivity index (χ2v) is 6.10. The average Bonchev–Trinajstić information content (AvgIpc) is 2.48. The Balaban J connectivity index is 0. The molecule has 1 rings (SSSR count). The molecule has 0 aliphatic rings. The Kier molecular flexibility index (Phi) is 16.3. The van der Waals surface area contributed by atoms with Crippen molar-refractivity contribution in [2.75, 3.05) is 0 Å². The van der Waals surface area contributed by atoms with Crippen molar-refractivity contribution in [1.82, 2.24) is 0 Å². The minimum Gasteiger partial charge on any atom is -0.0991 e. The van der Waals surface area contributed by atoms with Gasteiger partial charge in [-0.05, 0) is 18.4 Å². The summed E-state index contributed by atoms with van der Waals surface area (Å²) in [6.07, 6.45) is 9.15. The van der Waals surface area contributed by atoms with Gasteiger partial charge < -0.3 is 0 Å². The van der Waals surface area contributed by atoms with Gasteiger partial charge in [0.1, 0.15) is 0 Å². The highest BCUT2D eigenvalue weighted by molar-refractivity contribution is 5.29. The molecule has 0 amide bonds. The molecule has 22 heavy (non-hydrogen) atoms. The second-order valence-electron chi connectivity index (χ2n) is 6.10. The van der Waals surface area contributed by atoms with Gasteiger partial charge >= 0.3 is 0 Å². The first-order valence-corrected chi connectivity index (χ1v) is 8.41. The normalized spacial score (nSPS) is 12.1. The Bertz CT molecular complexity index is 404. The summed E-state index contributed by atoms with van der Waals surface area (Å²) < 4.78 is 0. The van der Waals surface area contributed by atoms with Crippen LogP contribution in [-0.4, -0.2) is 0 Å². The van der Waals surface area contributed by atoms with E-state index in [0.29, 0.717) is 5.92 Å². The molecule has 1 aromatic rings. The first kappa shape index (κ1) is 22.7. The van der Waals surface area contributed by atoms with Gasteiger partial charge in [0.2, 0.25) is 0 Å². The van der Waals surface area contributed by atoms with Gasteiger partial charge in [0.15, 0.2) is 0 Å². The summed E-state index contributed by atoms with van der Waals surface area (Å²) in [7, 11) is 0. The lowest BCUT2D eigenvalue weighted by atomic mass is 9.94. The summed E-state index contributed by atoms with van der Waals surface area (Å²) >= 11 is 0. The van der Waals surface area contributed by atoms with Gasteiger partial charge in [-0.2, -0.15) is 0 Å². The van der Waals surface area contributed by atoms with Crippen molar-refractivity contribution in [2.24, 2.45) is 5.92 Å². The highest BCUT2D eigenvalue weighted by Gasteiger charge is 2.04. The predicted molar refractivity (Wildman–Crippen MR) is 104 cm³/mol. The molecule has 0 saturated heterocycles. The summed E-state index contributed by atoms with van der Waals surface area (Å²) in [5.74, 6) is 1.31. The van der Waals surface area contributed by atoms with E-state index in [2.05, 4.69) is 85.4 Å². The number of hydrogen-bond donors (Lipinski definition) is 0. The Morgan fingerprint density at radius 2 is 1.45 bits per heavy atom. The zero-order chi connectivity index (χ0) is 17.4. The van der Waals surface area contributed by atoms with Gasteiger partial charge in [-0.25, -0.2) is 0 Å². The SMILES string of the molecule is C=C/C=C\C=C(/C)C(C)c1ccccc1.CC(C)C.CCC. The topological polar surface area (TPSA) is 0 Å². The summed E-state index contributed by atoms with van der Waals surface area (Å²) in [6.45, 7) is 18.8. The van der Waals surface area contributed by atoms with E-state index in [0.717, 1.165) is 5.92 Å². The molecular formula is C22H36. The molecule has 0 heterocycles. The van der Waals surface area contributed by atoms with Crippen LogP contribution in [0.2, 0.25) is 0 Å². The predicted octanol–water partition coefficient (Wildman–Crippen LogP) is 7.56. The zero-order valence-electron chi connectivity index (χ0n) is 15.8. The van der Waals surface area contributed by atoms with E-state index < -0.39 is 0 Å². The van der Waals surface area contributed by atoms with E-state index in [1.165, 1.54) is 17.6 Å². The molecular weight excluding hydrogens is 264 g/mol. The van der Waals surface area contributed by atoms with Crippen LogP contribution in [-0.2, 0) is 0 Å². The average molecular weight is 301 g/mol. The third-order valence-electron chi connectivity index (χ3n) is 2.59. The number of hydrogen-bond acceptors (Lipinski definition) is 0. The molecule has 0 spiro atoms. The molecule has 0 aliphatic carbocycles. The molecule has 0 aromatic heterocycles. The lowest BCUT2D eigenvalue weighted by molar-refractivity contribution is 0.737. The van der Waals surface area contributed by atoms with E-state index in [1.807, 2.05) is 18.2 Å². The molecule has 0 fully saturated rings. The molecule has 0 aliphatic heterocycles. The minimum absolute atomic E-state index is 0.473. The van der Waals surface area contributed by atoms with E-state index in [4.69, 9.17) is 0 Å². The maximum Gasteiger partial charge on any atom is 0.00201 e. The van der Waals surface area contributed by atoms with E-state index >= 15 is 0 Å². The molecule has 0 nitrogen and oxygen atoms in total. The van der Waals surface area contributed by atoms with Gasteiger partial charge in [0, 0.05) is 5.92 Å². The van der Waals surface area contributed by atoms with Crippen LogP contribution in [0.4, 0.5) is 0 Å². The van der Waals surface area contributed by atoms with Gasteiger partial charge in [-0.1, -0.05) is 115 Å². The molecule has 1 unspecified atom stereocenters. The quantitative estimate of drug-likeness (QED) is 0.503. The fourth-order valence-corrected chi connectivity index (χ4v) is 1.43. The smallest absolute Gasteiger partial charge is 0.00201 e. The van der Waals surface area contributed by atoms with Crippen molar-refractivity contribution in [3.05, 3.63) is 72.4 Å². The Hall–Kier alpha value is -1.56. The Labute approximate surface area is 139 Å². The molecule has 0 N–H and O–H groups in total. The van der Waals surface area contributed by atoms with E-state index in [9.17, 15) is 0 Å². The van der Waals surface area contributed by atoms with Crippen LogP contribution in [0.3, 0.4) is 0 Å². The van der Waals surface area contributed by atoms with Crippen LogP contribution in [0.1, 0.15) is 66.4 Å². The van der Waals surface area contributed by atoms with Crippen molar-refractivity contribution in [1.29, 1.82) is 0 Å². The van der Waals surface area contributed by atoms with Crippen LogP contribution in [0.25, 0.3) is 0 Å². The van der Waals surface area contributed by atoms with Crippen molar-refractivity contribution in [3.63, 3.8) is 0 Å². The zero-order valence-corrected chi connectivity index (χ0v) is 15.8. The number of rotatable bonds is 4. The monoisotopic (exact) mass is 300 g/mol. The maximum atomic E-state index is 3.64. The van der Waals surface area contributed by atoms with Crippen molar-refractivity contribution >= 4 is 0 Å². The maximum absolute atomic E-state index is 3.64. The molecule has 0 heteroatoms. The van der Waals surface area contributed by atoms with E-state index in [1.54, 1.807) is 6.08 Å². The summed E-state index contributed by atoms with van der Waals surface area (Å²) in [6, 6.07) is 10.5. The lowest BCUT2D eigenvalue weighted by Gasteiger charge is -2.11. The van der Waals surface area contributed by atoms with Gasteiger partial charge in [-0.15, -0.1) is 0 Å². The second kappa shape index (κ2) is 15.8. The molecule has 0 bridgehead atoms. The largest absolute Gasteiger partial charge is 0.0991 e. The van der Waals surface area contributed by atoms with Crippen LogP contribution < -0.4 is 0 Å². The first-order valence-electron chi connectivity index (χ1n) is 8.41. The Morgan fingerprint density at radius 3 is 1.86 bits per heavy atom. The highest BCUT2D eigenvalue weighted by Crippen LogP contribution is 2.22. The summed E-state index contributed by atoms with van der Waals surface area (Å²) in [4.78, 5) is 0. The van der Waals surface area contributed by atoms with Gasteiger partial charge in [0.25, 0.3) is 0 Å². The van der Waals surface area contributed by atoms with Crippen LogP contribution in [0.5, 0.6) is 0 Å². The van der Waals surface area contributed by atoms with E-state index in [-0.39, 0.29) is 0 Å². The van der Waals surface area contributed by atoms with Crippen molar-refractivity contribution < 1.29 is 0 Å². The lowest BCUT2D eigenvalue weighted by Crippen LogP contribution is -1.93. The van der Waals surface area contributed by atoms with Crippen LogP contribution in [0, 0.1) is 5.92 Å². The standard InChI is InChI=1S/C15H18.C4H10.C3H8/c1-4-5-7-10-13(2)14(3)15-11-8-6-9-12-15;1-4(2)3;1-3-2/h4-12,14H,1H2,2-3H3;4H,1-3H3;3H2,1-2H3/b7-5-,13-10+;;. The molecule has 124 valence electrons. The molecule has 1 atom stereocenters. The van der Waals surface area contributed by atoms with Crippen molar-refractivity contribution in [2.45, 2.75) is 60.8 Å². The fraction of sp³-hybridized carbons (Fsp3) is 0.455. The first-order chi connectivity index (χ1) is 10.4. The summed E-state index contributed by atoms with van der Waals surface area (Å²) in [5.41, 5.74) is 2.72. The minimum atomic E-state index is 0.473. The number of benzene rings is 1. The van der Waals surface area contributed by atoms with Crippen LogP contribution in [0.15, 0.2) is 66.8 Å². The number of allylic oxidation sites excluding steroid dienone is 5. The molecule has 1 aromatic carbocycles. The third kappa shape index (κ3) is 14.8. The third-order valence-corrected chi connectivity index (χ3v) is 2.59. The highest BCUT2D eigenvalue weighted by atomic mass is 14.1. The molecule has 0 radical (unpaired) electrons.